The Morgan fingerprint density at radius 3 is 2.56 bits per heavy atom. The number of halogens is 5. The van der Waals surface area contributed by atoms with Crippen LogP contribution in [0.4, 0.5) is 29.3 Å². The Morgan fingerprint density at radius 1 is 1.18 bits per heavy atom. The Bertz CT molecular complexity index is 1410. The number of amides is 2. The number of alkyl halides is 3. The molecule has 0 unspecified atom stereocenters. The molecule has 34 heavy (non-hydrogen) atoms. The van der Waals surface area contributed by atoms with E-state index in [9.17, 15) is 18.0 Å². The van der Waals surface area contributed by atoms with Crippen LogP contribution in [-0.4, -0.2) is 60.4 Å². The number of carbonyl (C=O) groups is 1. The van der Waals surface area contributed by atoms with Crippen molar-refractivity contribution in [3.05, 3.63) is 52.8 Å². The van der Waals surface area contributed by atoms with Crippen LogP contribution in [-0.2, 0) is 10.3 Å². The molecule has 0 saturated heterocycles. The molecule has 2 amide bonds. The van der Waals surface area contributed by atoms with Gasteiger partial charge in [-0.15, -0.1) is 4.80 Å². The summed E-state index contributed by atoms with van der Waals surface area (Å²) in [5, 5.41) is 14.3. The number of pyridine rings is 1. The Kier molecular flexibility index (Phi) is 5.11. The van der Waals surface area contributed by atoms with Crippen molar-refractivity contribution in [3.63, 3.8) is 0 Å². The molecule has 1 aliphatic rings. The number of methoxy groups -OCH3 is 1. The fraction of sp³-hybridized carbons (Fsp3) is 0.222. The summed E-state index contributed by atoms with van der Waals surface area (Å²) in [5.74, 6) is 0.203. The largest absolute Gasteiger partial charge is 0.425 e. The summed E-state index contributed by atoms with van der Waals surface area (Å²) in [4.78, 5) is 23.3. The highest BCUT2D eigenvalue weighted by molar-refractivity contribution is 6.32. The molecule has 0 spiro atoms. The fourth-order valence-corrected chi connectivity index (χ4v) is 4.11. The topological polar surface area (TPSA) is 115 Å². The molecule has 0 saturated carbocycles. The first-order chi connectivity index (χ1) is 16.1. The molecule has 0 aromatic carbocycles. The van der Waals surface area contributed by atoms with Gasteiger partial charge in [-0.2, -0.15) is 28.5 Å². The van der Waals surface area contributed by atoms with Gasteiger partial charge in [0, 0.05) is 13.2 Å². The van der Waals surface area contributed by atoms with Crippen molar-refractivity contribution in [3.8, 4) is 5.82 Å². The van der Waals surface area contributed by atoms with Crippen LogP contribution in [0, 0.1) is 0 Å². The van der Waals surface area contributed by atoms with E-state index in [0.717, 1.165) is 22.7 Å². The van der Waals surface area contributed by atoms with Gasteiger partial charge in [0.2, 0.25) is 5.60 Å². The van der Waals surface area contributed by atoms with Crippen LogP contribution in [0.25, 0.3) is 11.5 Å². The van der Waals surface area contributed by atoms with Crippen molar-refractivity contribution in [2.75, 3.05) is 23.9 Å². The lowest BCUT2D eigenvalue weighted by atomic mass is 10.0. The molecular weight excluding hydrogens is 502 g/mol. The summed E-state index contributed by atoms with van der Waals surface area (Å²) < 4.78 is 48.8. The number of fused-ring (bicyclic) bond motifs is 3. The zero-order valence-corrected chi connectivity index (χ0v) is 18.5. The van der Waals surface area contributed by atoms with Crippen molar-refractivity contribution in [2.45, 2.75) is 11.8 Å². The smallest absolute Gasteiger partial charge is 0.362 e. The third-order valence-corrected chi connectivity index (χ3v) is 5.68. The third kappa shape index (κ3) is 3.33. The van der Waals surface area contributed by atoms with Gasteiger partial charge in [0.1, 0.15) is 5.69 Å². The molecule has 176 valence electrons. The lowest BCUT2D eigenvalue weighted by molar-refractivity contribution is -0.270. The lowest BCUT2D eigenvalue weighted by Crippen LogP contribution is -2.50. The molecule has 4 aromatic heterocycles. The fourth-order valence-electron chi connectivity index (χ4n) is 3.70. The van der Waals surface area contributed by atoms with E-state index in [1.807, 2.05) is 0 Å². The molecule has 1 atom stereocenters. The molecule has 16 heteroatoms. The van der Waals surface area contributed by atoms with Gasteiger partial charge in [0.15, 0.2) is 16.6 Å². The number of nitrogens with zero attached hydrogens (tertiary/aromatic N) is 8. The average molecular weight is 514 g/mol. The molecular formula is C18H12Cl2F3N9O2. The van der Waals surface area contributed by atoms with Gasteiger partial charge < -0.3 is 10.1 Å². The van der Waals surface area contributed by atoms with Crippen LogP contribution in [0.5, 0.6) is 0 Å². The number of carbonyl (C=O) groups excluding carboxylic acids is 1. The van der Waals surface area contributed by atoms with Crippen LogP contribution in [0.1, 0.15) is 5.69 Å². The number of hydrogen-bond donors (Lipinski definition) is 1. The van der Waals surface area contributed by atoms with Crippen LogP contribution in [0.2, 0.25) is 10.2 Å². The van der Waals surface area contributed by atoms with E-state index in [4.69, 9.17) is 27.9 Å². The minimum atomic E-state index is -4.90. The minimum absolute atomic E-state index is 0.0653. The molecule has 11 nitrogen and oxygen atoms in total. The molecule has 0 fully saturated rings. The summed E-state index contributed by atoms with van der Waals surface area (Å²) in [6.45, 7) is -0.886. The van der Waals surface area contributed by atoms with Crippen molar-refractivity contribution in [2.24, 2.45) is 0 Å². The number of ether oxygens (including phenoxy) is 1. The van der Waals surface area contributed by atoms with Gasteiger partial charge >= 0.3 is 12.2 Å². The first kappa shape index (κ1) is 22.3. The molecule has 1 aliphatic heterocycles. The van der Waals surface area contributed by atoms with E-state index in [1.54, 1.807) is 0 Å². The van der Waals surface area contributed by atoms with Gasteiger partial charge in [-0.1, -0.05) is 23.2 Å². The first-order valence-electron chi connectivity index (χ1n) is 9.42. The van der Waals surface area contributed by atoms with E-state index in [1.165, 1.54) is 35.5 Å². The molecule has 1 N–H and O–H groups in total. The molecule has 5 rings (SSSR count). The summed E-state index contributed by atoms with van der Waals surface area (Å²) in [6, 6.07) is 1.77. The number of urea groups is 1. The van der Waals surface area contributed by atoms with E-state index >= 15 is 0 Å². The lowest BCUT2D eigenvalue weighted by Gasteiger charge is -2.30. The van der Waals surface area contributed by atoms with E-state index in [-0.39, 0.29) is 33.0 Å². The number of anilines is 2. The number of aromatic nitrogens is 7. The summed E-state index contributed by atoms with van der Waals surface area (Å²) in [5.41, 5.74) is -3.26. The Morgan fingerprint density at radius 2 is 1.91 bits per heavy atom. The number of nitrogens with one attached hydrogen (secondary N) is 1. The summed E-state index contributed by atoms with van der Waals surface area (Å²) in [7, 11) is 0.905. The Balaban J connectivity index is 1.53. The van der Waals surface area contributed by atoms with Gasteiger partial charge in [-0.05, 0) is 6.07 Å². The van der Waals surface area contributed by atoms with Gasteiger partial charge in [-0.25, -0.2) is 19.3 Å². The van der Waals surface area contributed by atoms with Crippen molar-refractivity contribution in [1.29, 1.82) is 0 Å². The average Bonchev–Trinajstić information content (AvgIpc) is 3.49. The Hall–Kier alpha value is -3.49. The molecule has 0 bridgehead atoms. The predicted molar refractivity (Wildman–Crippen MR) is 113 cm³/mol. The quantitative estimate of drug-likeness (QED) is 0.445. The SMILES string of the molecule is CO[C@@]1(C(F)(F)F)CN(C(=O)Nc2cnc(-n3nccn3)c(Cl)c2)c2cnc3cc(Cl)nn3c21. The molecule has 0 aliphatic carbocycles. The Labute approximate surface area is 198 Å². The van der Waals surface area contributed by atoms with Gasteiger partial charge in [0.05, 0.1) is 47.7 Å². The van der Waals surface area contributed by atoms with Crippen LogP contribution < -0.4 is 10.2 Å². The predicted octanol–water partition coefficient (Wildman–Crippen LogP) is 3.47. The highest BCUT2D eigenvalue weighted by Gasteiger charge is 2.64. The maximum Gasteiger partial charge on any atom is 0.425 e. The second kappa shape index (κ2) is 7.78. The normalized spacial score (nSPS) is 17.9. The zero-order chi connectivity index (χ0) is 24.3. The highest BCUT2D eigenvalue weighted by atomic mass is 35.5. The highest BCUT2D eigenvalue weighted by Crippen LogP contribution is 2.50. The summed E-state index contributed by atoms with van der Waals surface area (Å²) >= 11 is 12.1. The monoisotopic (exact) mass is 513 g/mol. The standard InChI is InChI=1S/C18H12Cl2F3N9O2/c1-34-17(18(21,22)23)8-30(11-7-24-13-5-12(20)29-31(13)14(11)17)16(33)28-9-4-10(19)15(25-6-9)32-26-2-3-27-32/h2-7H,8H2,1H3,(H,28,33)/t17-/m0/s1. The van der Waals surface area contributed by atoms with Crippen molar-refractivity contribution >= 4 is 46.3 Å². The van der Waals surface area contributed by atoms with E-state index in [0.29, 0.717) is 0 Å². The molecule has 4 aromatic rings. The van der Waals surface area contributed by atoms with Gasteiger partial charge in [-0.3, -0.25) is 4.90 Å². The second-order valence-corrected chi connectivity index (χ2v) is 7.92. The van der Waals surface area contributed by atoms with Crippen molar-refractivity contribution < 1.29 is 22.7 Å². The maximum atomic E-state index is 14.3. The minimum Gasteiger partial charge on any atom is -0.362 e. The number of rotatable bonds is 3. The third-order valence-electron chi connectivity index (χ3n) is 5.22. The van der Waals surface area contributed by atoms with E-state index < -0.39 is 30.0 Å². The first-order valence-corrected chi connectivity index (χ1v) is 10.2. The van der Waals surface area contributed by atoms with Gasteiger partial charge in [0.25, 0.3) is 0 Å². The summed E-state index contributed by atoms with van der Waals surface area (Å²) in [6.07, 6.45) is 0.355. The van der Waals surface area contributed by atoms with Crippen molar-refractivity contribution in [1.82, 2.24) is 34.6 Å². The maximum absolute atomic E-state index is 14.3. The van der Waals surface area contributed by atoms with Crippen LogP contribution >= 0.6 is 23.2 Å². The zero-order valence-electron chi connectivity index (χ0n) is 17.0. The number of hydrogen-bond acceptors (Lipinski definition) is 7. The van der Waals surface area contributed by atoms with Crippen LogP contribution in [0.3, 0.4) is 0 Å². The molecule has 5 heterocycles. The molecule has 0 radical (unpaired) electrons. The van der Waals surface area contributed by atoms with E-state index in [2.05, 4.69) is 30.6 Å². The second-order valence-electron chi connectivity index (χ2n) is 7.12. The van der Waals surface area contributed by atoms with Crippen LogP contribution in [0.15, 0.2) is 36.9 Å².